The molecule has 1 N–H and O–H groups in total. The van der Waals surface area contributed by atoms with Crippen LogP contribution in [-0.2, 0) is 6.42 Å². The first-order valence-electron chi connectivity index (χ1n) is 9.26. The Bertz CT molecular complexity index is 551. The number of hydrogen-bond acceptors (Lipinski definition) is 3. The molecule has 9 heteroatoms. The van der Waals surface area contributed by atoms with Gasteiger partial charge in [-0.1, -0.05) is 6.92 Å². The second kappa shape index (κ2) is 11.8. The van der Waals surface area contributed by atoms with Crippen molar-refractivity contribution < 1.29 is 17.6 Å². The normalized spacial score (nSPS) is 18.1. The summed E-state index contributed by atoms with van der Waals surface area (Å²) in [5, 5.41) is 3.28. The Kier molecular flexibility index (Phi) is 10.5. The Labute approximate surface area is 176 Å². The number of halogens is 4. The summed E-state index contributed by atoms with van der Waals surface area (Å²) in [6, 6.07) is 3.78. The van der Waals surface area contributed by atoms with Crippen LogP contribution in [0.25, 0.3) is 0 Å². The zero-order chi connectivity index (χ0) is 19.0. The molecule has 0 aromatic carbocycles. The number of rotatable bonds is 8. The number of nitrogens with zero attached hydrogens (tertiary/aromatic N) is 3. The Morgan fingerprint density at radius 2 is 2.19 bits per heavy atom. The quantitative estimate of drug-likeness (QED) is 0.335. The van der Waals surface area contributed by atoms with Crippen molar-refractivity contribution in [3.05, 3.63) is 24.2 Å². The topological polar surface area (TPSA) is 44.0 Å². The van der Waals surface area contributed by atoms with Crippen LogP contribution >= 0.6 is 24.0 Å². The van der Waals surface area contributed by atoms with E-state index in [2.05, 4.69) is 15.2 Å². The molecule has 0 amide bonds. The molecule has 5 nitrogen and oxygen atoms in total. The minimum Gasteiger partial charge on any atom is -0.469 e. The molecular formula is C18H30F3IN4O. The van der Waals surface area contributed by atoms with E-state index in [1.165, 1.54) is 4.90 Å². The zero-order valence-corrected chi connectivity index (χ0v) is 18.3. The highest BCUT2D eigenvalue weighted by atomic mass is 127. The largest absolute Gasteiger partial charge is 0.469 e. The highest BCUT2D eigenvalue weighted by Crippen LogP contribution is 2.21. The lowest BCUT2D eigenvalue weighted by atomic mass is 10.1. The van der Waals surface area contributed by atoms with Crippen molar-refractivity contribution in [2.75, 3.05) is 45.8 Å². The molecule has 1 aliphatic heterocycles. The Hall–Kier alpha value is -0.970. The first-order chi connectivity index (χ1) is 12.4. The van der Waals surface area contributed by atoms with E-state index in [9.17, 15) is 13.2 Å². The number of alkyl halides is 3. The van der Waals surface area contributed by atoms with E-state index in [4.69, 9.17) is 4.42 Å². The maximum absolute atomic E-state index is 12.6. The lowest BCUT2D eigenvalue weighted by Gasteiger charge is -2.26. The van der Waals surface area contributed by atoms with Crippen LogP contribution in [0.3, 0.4) is 0 Å². The number of nitrogens with one attached hydrogen (secondary N) is 1. The maximum atomic E-state index is 12.6. The Morgan fingerprint density at radius 3 is 2.78 bits per heavy atom. The van der Waals surface area contributed by atoms with E-state index >= 15 is 0 Å². The van der Waals surface area contributed by atoms with Gasteiger partial charge in [-0.15, -0.1) is 24.0 Å². The van der Waals surface area contributed by atoms with Crippen molar-refractivity contribution in [3.63, 3.8) is 0 Å². The molecule has 1 saturated heterocycles. The fourth-order valence-electron chi connectivity index (χ4n) is 3.25. The van der Waals surface area contributed by atoms with E-state index in [1.54, 1.807) is 13.2 Å². The molecule has 156 valence electrons. The van der Waals surface area contributed by atoms with Gasteiger partial charge in [0.25, 0.3) is 0 Å². The van der Waals surface area contributed by atoms with Crippen LogP contribution in [0.5, 0.6) is 0 Å². The highest BCUT2D eigenvalue weighted by Gasteiger charge is 2.32. The van der Waals surface area contributed by atoms with Gasteiger partial charge in [-0.05, 0) is 37.9 Å². The second-order valence-electron chi connectivity index (χ2n) is 6.61. The summed E-state index contributed by atoms with van der Waals surface area (Å²) < 4.78 is 43.2. The van der Waals surface area contributed by atoms with Gasteiger partial charge in [-0.2, -0.15) is 13.2 Å². The number of likely N-dealkylation sites (tertiary alicyclic amines) is 1. The van der Waals surface area contributed by atoms with Gasteiger partial charge in [0.15, 0.2) is 5.96 Å². The summed E-state index contributed by atoms with van der Waals surface area (Å²) in [6.07, 6.45) is -0.877. The monoisotopic (exact) mass is 502 g/mol. The molecule has 27 heavy (non-hydrogen) atoms. The van der Waals surface area contributed by atoms with Gasteiger partial charge in [0.2, 0.25) is 0 Å². The lowest BCUT2D eigenvalue weighted by Crippen LogP contribution is -2.42. The molecule has 0 spiro atoms. The molecule has 0 saturated carbocycles. The smallest absolute Gasteiger partial charge is 0.401 e. The van der Waals surface area contributed by atoms with Gasteiger partial charge in [0.05, 0.1) is 12.8 Å². The average Bonchev–Trinajstić information content (AvgIpc) is 3.24. The molecule has 0 bridgehead atoms. The van der Waals surface area contributed by atoms with Crippen LogP contribution in [-0.4, -0.2) is 67.7 Å². The SMILES string of the molecule is CCNC(=NCCc1ccco1)N1CCC(CN(CC)CC(F)(F)F)C1.I. The third-order valence-electron chi connectivity index (χ3n) is 4.49. The van der Waals surface area contributed by atoms with Crippen molar-refractivity contribution in [2.45, 2.75) is 32.9 Å². The van der Waals surface area contributed by atoms with E-state index in [0.717, 1.165) is 44.2 Å². The molecule has 1 aliphatic rings. The van der Waals surface area contributed by atoms with Crippen molar-refractivity contribution in [1.82, 2.24) is 15.1 Å². The number of hydrogen-bond donors (Lipinski definition) is 1. The van der Waals surface area contributed by atoms with Crippen LogP contribution in [0.4, 0.5) is 13.2 Å². The van der Waals surface area contributed by atoms with Crippen LogP contribution < -0.4 is 5.32 Å². The van der Waals surface area contributed by atoms with E-state index in [-0.39, 0.29) is 29.9 Å². The fourth-order valence-corrected chi connectivity index (χ4v) is 3.25. The molecular weight excluding hydrogens is 472 g/mol. The summed E-state index contributed by atoms with van der Waals surface area (Å²) in [4.78, 5) is 8.27. The van der Waals surface area contributed by atoms with Gasteiger partial charge in [-0.3, -0.25) is 9.89 Å². The first-order valence-corrected chi connectivity index (χ1v) is 9.26. The molecule has 0 aliphatic carbocycles. The van der Waals surface area contributed by atoms with E-state index in [1.807, 2.05) is 19.1 Å². The van der Waals surface area contributed by atoms with Gasteiger partial charge in [-0.25, -0.2) is 0 Å². The van der Waals surface area contributed by atoms with Gasteiger partial charge in [0.1, 0.15) is 5.76 Å². The standard InChI is InChI=1S/C18H29F3N4O.HI/c1-3-22-17(23-9-7-16-6-5-11-26-16)25-10-8-15(13-25)12-24(4-2)14-18(19,20)21;/h5-6,11,15H,3-4,7-10,12-14H2,1-2H3,(H,22,23);1H. The predicted molar refractivity (Wildman–Crippen MR) is 112 cm³/mol. The third kappa shape index (κ3) is 8.71. The molecule has 1 aromatic rings. The molecule has 2 rings (SSSR count). The zero-order valence-electron chi connectivity index (χ0n) is 16.0. The maximum Gasteiger partial charge on any atom is 0.401 e. The predicted octanol–water partition coefficient (Wildman–Crippen LogP) is 3.61. The van der Waals surface area contributed by atoms with E-state index in [0.29, 0.717) is 19.6 Å². The first kappa shape index (κ1) is 24.1. The summed E-state index contributed by atoms with van der Waals surface area (Å²) in [7, 11) is 0. The van der Waals surface area contributed by atoms with Crippen LogP contribution in [0.15, 0.2) is 27.8 Å². The van der Waals surface area contributed by atoms with Crippen molar-refractivity contribution in [1.29, 1.82) is 0 Å². The van der Waals surface area contributed by atoms with E-state index < -0.39 is 12.7 Å². The van der Waals surface area contributed by atoms with Crippen LogP contribution in [0, 0.1) is 5.92 Å². The molecule has 1 fully saturated rings. The molecule has 1 unspecified atom stereocenters. The summed E-state index contributed by atoms with van der Waals surface area (Å²) >= 11 is 0. The lowest BCUT2D eigenvalue weighted by molar-refractivity contribution is -0.146. The molecule has 1 atom stereocenters. The summed E-state index contributed by atoms with van der Waals surface area (Å²) in [5.41, 5.74) is 0. The second-order valence-corrected chi connectivity index (χ2v) is 6.61. The fraction of sp³-hybridized carbons (Fsp3) is 0.722. The van der Waals surface area contributed by atoms with Crippen molar-refractivity contribution in [3.8, 4) is 0 Å². The molecule has 1 aromatic heterocycles. The van der Waals surface area contributed by atoms with Gasteiger partial charge < -0.3 is 14.6 Å². The minimum absolute atomic E-state index is 0. The van der Waals surface area contributed by atoms with Crippen LogP contribution in [0.1, 0.15) is 26.0 Å². The summed E-state index contributed by atoms with van der Waals surface area (Å²) in [6.45, 7) is 6.77. The number of guanidine groups is 1. The Morgan fingerprint density at radius 1 is 1.41 bits per heavy atom. The minimum atomic E-state index is -4.14. The number of furan rings is 1. The summed E-state index contributed by atoms with van der Waals surface area (Å²) in [5.74, 6) is 1.96. The third-order valence-corrected chi connectivity index (χ3v) is 4.49. The van der Waals surface area contributed by atoms with Gasteiger partial charge in [0, 0.05) is 39.1 Å². The molecule has 2 heterocycles. The molecule has 0 radical (unpaired) electrons. The Balaban J connectivity index is 0.00000364. The van der Waals surface area contributed by atoms with Crippen LogP contribution in [0.2, 0.25) is 0 Å². The van der Waals surface area contributed by atoms with Gasteiger partial charge >= 0.3 is 6.18 Å². The number of aliphatic imine (C=N–C) groups is 1. The highest BCUT2D eigenvalue weighted by molar-refractivity contribution is 14.0. The van der Waals surface area contributed by atoms with Crippen molar-refractivity contribution >= 4 is 29.9 Å². The average molecular weight is 502 g/mol. The van der Waals surface area contributed by atoms with Crippen molar-refractivity contribution in [2.24, 2.45) is 10.9 Å².